The van der Waals surface area contributed by atoms with E-state index in [1.165, 1.54) is 11.1 Å². The zero-order valence-electron chi connectivity index (χ0n) is 10.3. The number of aryl methyl sites for hydroxylation is 2. The molecule has 0 saturated carbocycles. The van der Waals surface area contributed by atoms with Gasteiger partial charge in [0.05, 0.1) is 7.11 Å². The van der Waals surface area contributed by atoms with Crippen LogP contribution < -0.4 is 4.74 Å². The Labute approximate surface area is 101 Å². The molecular formula is C15H16O2. The molecule has 2 nitrogen and oxygen atoms in total. The number of benzene rings is 2. The topological polar surface area (TPSA) is 29.5 Å². The van der Waals surface area contributed by atoms with E-state index in [9.17, 15) is 5.11 Å². The highest BCUT2D eigenvalue weighted by Gasteiger charge is 2.09. The molecule has 0 amide bonds. The van der Waals surface area contributed by atoms with Crippen molar-refractivity contribution in [2.24, 2.45) is 0 Å². The number of hydrogen-bond donors (Lipinski definition) is 1. The second-order valence-corrected chi connectivity index (χ2v) is 4.21. The van der Waals surface area contributed by atoms with Crippen molar-refractivity contribution in [1.82, 2.24) is 0 Å². The highest BCUT2D eigenvalue weighted by molar-refractivity contribution is 5.74. The lowest BCUT2D eigenvalue weighted by atomic mass is 9.97. The van der Waals surface area contributed by atoms with Crippen molar-refractivity contribution >= 4 is 0 Å². The summed E-state index contributed by atoms with van der Waals surface area (Å²) in [7, 11) is 1.68. The summed E-state index contributed by atoms with van der Waals surface area (Å²) >= 11 is 0. The van der Waals surface area contributed by atoms with Gasteiger partial charge in [-0.2, -0.15) is 0 Å². The van der Waals surface area contributed by atoms with Gasteiger partial charge >= 0.3 is 0 Å². The van der Waals surface area contributed by atoms with E-state index in [4.69, 9.17) is 4.74 Å². The number of ether oxygens (including phenoxy) is 1. The second-order valence-electron chi connectivity index (χ2n) is 4.21. The van der Waals surface area contributed by atoms with Gasteiger partial charge in [-0.05, 0) is 48.7 Å². The first-order chi connectivity index (χ1) is 8.11. The first-order valence-corrected chi connectivity index (χ1v) is 5.56. The van der Waals surface area contributed by atoms with Gasteiger partial charge in [0.2, 0.25) is 0 Å². The van der Waals surface area contributed by atoms with Gasteiger partial charge in [0.1, 0.15) is 11.5 Å². The number of rotatable bonds is 2. The van der Waals surface area contributed by atoms with Gasteiger partial charge in [-0.15, -0.1) is 0 Å². The monoisotopic (exact) mass is 228 g/mol. The van der Waals surface area contributed by atoms with Crippen LogP contribution in [0.25, 0.3) is 11.1 Å². The maximum atomic E-state index is 9.31. The largest absolute Gasteiger partial charge is 0.508 e. The molecule has 1 N–H and O–H groups in total. The van der Waals surface area contributed by atoms with Crippen LogP contribution in [0.4, 0.5) is 0 Å². The predicted molar refractivity (Wildman–Crippen MR) is 69.6 cm³/mol. The van der Waals surface area contributed by atoms with Crippen molar-refractivity contribution < 1.29 is 9.84 Å². The maximum absolute atomic E-state index is 9.31. The minimum absolute atomic E-state index is 0.275. The Kier molecular flexibility index (Phi) is 3.05. The second kappa shape index (κ2) is 4.50. The van der Waals surface area contributed by atoms with E-state index in [-0.39, 0.29) is 5.75 Å². The molecule has 2 rings (SSSR count). The average molecular weight is 228 g/mol. The van der Waals surface area contributed by atoms with Gasteiger partial charge in [0.15, 0.2) is 0 Å². The van der Waals surface area contributed by atoms with Gasteiger partial charge in [-0.25, -0.2) is 0 Å². The molecule has 0 aliphatic rings. The standard InChI is InChI=1S/C15H16O2/c1-10-8-11(2)15(14(9-10)17-3)12-4-6-13(16)7-5-12/h4-9,16H,1-3H3. The summed E-state index contributed by atoms with van der Waals surface area (Å²) in [5, 5.41) is 9.31. The van der Waals surface area contributed by atoms with Crippen molar-refractivity contribution in [3.05, 3.63) is 47.5 Å². The quantitative estimate of drug-likeness (QED) is 0.849. The Morgan fingerprint density at radius 3 is 2.24 bits per heavy atom. The Morgan fingerprint density at radius 2 is 1.65 bits per heavy atom. The molecule has 0 spiro atoms. The van der Waals surface area contributed by atoms with Crippen LogP contribution in [0.15, 0.2) is 36.4 Å². The third-order valence-electron chi connectivity index (χ3n) is 2.82. The fourth-order valence-electron chi connectivity index (χ4n) is 2.09. The van der Waals surface area contributed by atoms with Crippen molar-refractivity contribution in [1.29, 1.82) is 0 Å². The molecule has 0 radical (unpaired) electrons. The number of methoxy groups -OCH3 is 1. The number of aromatic hydroxyl groups is 1. The third-order valence-corrected chi connectivity index (χ3v) is 2.82. The Morgan fingerprint density at radius 1 is 1.00 bits per heavy atom. The smallest absolute Gasteiger partial charge is 0.127 e. The highest BCUT2D eigenvalue weighted by atomic mass is 16.5. The van der Waals surface area contributed by atoms with Crippen molar-refractivity contribution in [2.75, 3.05) is 7.11 Å². The molecular weight excluding hydrogens is 212 g/mol. The Hall–Kier alpha value is -1.96. The fourth-order valence-corrected chi connectivity index (χ4v) is 2.09. The van der Waals surface area contributed by atoms with E-state index in [0.29, 0.717) is 0 Å². The Balaban J connectivity index is 2.61. The van der Waals surface area contributed by atoms with E-state index in [0.717, 1.165) is 16.9 Å². The fraction of sp³-hybridized carbons (Fsp3) is 0.200. The van der Waals surface area contributed by atoms with Crippen LogP contribution in [0.5, 0.6) is 11.5 Å². The molecule has 17 heavy (non-hydrogen) atoms. The molecule has 0 unspecified atom stereocenters. The first kappa shape index (κ1) is 11.5. The molecule has 2 aromatic carbocycles. The minimum atomic E-state index is 0.275. The Bertz CT molecular complexity index is 527. The first-order valence-electron chi connectivity index (χ1n) is 5.56. The minimum Gasteiger partial charge on any atom is -0.508 e. The summed E-state index contributed by atoms with van der Waals surface area (Å²) in [6.45, 7) is 4.12. The summed E-state index contributed by atoms with van der Waals surface area (Å²) < 4.78 is 5.43. The van der Waals surface area contributed by atoms with Crippen LogP contribution in [-0.2, 0) is 0 Å². The molecule has 0 heterocycles. The van der Waals surface area contributed by atoms with E-state index in [2.05, 4.69) is 19.9 Å². The van der Waals surface area contributed by atoms with Gasteiger partial charge in [0, 0.05) is 5.56 Å². The molecule has 0 aliphatic carbocycles. The maximum Gasteiger partial charge on any atom is 0.127 e. The van der Waals surface area contributed by atoms with E-state index >= 15 is 0 Å². The van der Waals surface area contributed by atoms with Crippen molar-refractivity contribution in [3.8, 4) is 22.6 Å². The zero-order valence-corrected chi connectivity index (χ0v) is 10.3. The van der Waals surface area contributed by atoms with Crippen LogP contribution in [0, 0.1) is 13.8 Å². The normalized spacial score (nSPS) is 10.3. The SMILES string of the molecule is COc1cc(C)cc(C)c1-c1ccc(O)cc1. The van der Waals surface area contributed by atoms with Crippen LogP contribution >= 0.6 is 0 Å². The summed E-state index contributed by atoms with van der Waals surface area (Å²) in [5.41, 5.74) is 4.49. The van der Waals surface area contributed by atoms with Gasteiger partial charge in [-0.1, -0.05) is 18.2 Å². The molecule has 0 aromatic heterocycles. The van der Waals surface area contributed by atoms with E-state index < -0.39 is 0 Å². The van der Waals surface area contributed by atoms with Crippen LogP contribution in [0.3, 0.4) is 0 Å². The van der Waals surface area contributed by atoms with Crippen LogP contribution in [0.1, 0.15) is 11.1 Å². The molecule has 0 aliphatic heterocycles. The lowest BCUT2D eigenvalue weighted by Gasteiger charge is -2.13. The predicted octanol–water partition coefficient (Wildman–Crippen LogP) is 3.68. The summed E-state index contributed by atoms with van der Waals surface area (Å²) in [5.74, 6) is 1.14. The summed E-state index contributed by atoms with van der Waals surface area (Å²) in [6.07, 6.45) is 0. The van der Waals surface area contributed by atoms with E-state index in [1.807, 2.05) is 18.2 Å². The summed E-state index contributed by atoms with van der Waals surface area (Å²) in [6, 6.07) is 11.3. The molecule has 0 atom stereocenters. The third kappa shape index (κ3) is 2.26. The summed E-state index contributed by atoms with van der Waals surface area (Å²) in [4.78, 5) is 0. The molecule has 2 heteroatoms. The molecule has 0 fully saturated rings. The highest BCUT2D eigenvalue weighted by Crippen LogP contribution is 2.34. The number of phenolic OH excluding ortho intramolecular Hbond substituents is 1. The van der Waals surface area contributed by atoms with Gasteiger partial charge < -0.3 is 9.84 Å². The van der Waals surface area contributed by atoms with Crippen LogP contribution in [0.2, 0.25) is 0 Å². The van der Waals surface area contributed by atoms with Crippen molar-refractivity contribution in [2.45, 2.75) is 13.8 Å². The number of hydrogen-bond acceptors (Lipinski definition) is 2. The average Bonchev–Trinajstić information content (AvgIpc) is 2.30. The van der Waals surface area contributed by atoms with E-state index in [1.54, 1.807) is 19.2 Å². The molecule has 0 saturated heterocycles. The lowest BCUT2D eigenvalue weighted by molar-refractivity contribution is 0.416. The molecule has 2 aromatic rings. The van der Waals surface area contributed by atoms with Crippen molar-refractivity contribution in [3.63, 3.8) is 0 Å². The molecule has 0 bridgehead atoms. The number of phenols is 1. The van der Waals surface area contributed by atoms with Gasteiger partial charge in [0.25, 0.3) is 0 Å². The van der Waals surface area contributed by atoms with Crippen LogP contribution in [-0.4, -0.2) is 12.2 Å². The van der Waals surface area contributed by atoms with Gasteiger partial charge in [-0.3, -0.25) is 0 Å². The molecule has 88 valence electrons. The lowest BCUT2D eigenvalue weighted by Crippen LogP contribution is -1.92. The zero-order chi connectivity index (χ0) is 12.4.